The van der Waals surface area contributed by atoms with Gasteiger partial charge < -0.3 is 9.64 Å². The standard InChI is InChI=1S/C23H20FN3O4S/c1-14-7-9-26-19(10-14)25-17(11-21(26)29)12-31-22(30)18-13-32-23(8-6-20(28)27(18)23)15-2-4-16(24)5-3-15/h2-5,7,9-11,18H,6,8,12-13H2,1H3. The summed E-state index contributed by atoms with van der Waals surface area (Å²) in [4.78, 5) is 43.3. The van der Waals surface area contributed by atoms with E-state index in [1.54, 1.807) is 29.3 Å². The van der Waals surface area contributed by atoms with Crippen LogP contribution in [0.5, 0.6) is 0 Å². The molecule has 2 aliphatic rings. The summed E-state index contributed by atoms with van der Waals surface area (Å²) < 4.78 is 20.3. The van der Waals surface area contributed by atoms with Crippen LogP contribution in [0.3, 0.4) is 0 Å². The fourth-order valence-corrected chi connectivity index (χ4v) is 6.03. The molecule has 164 valence electrons. The van der Waals surface area contributed by atoms with Crippen molar-refractivity contribution in [2.45, 2.75) is 37.3 Å². The minimum atomic E-state index is -0.746. The molecule has 1 amide bonds. The molecule has 0 radical (unpaired) electrons. The number of carbonyl (C=O) groups is 2. The van der Waals surface area contributed by atoms with Gasteiger partial charge in [0.25, 0.3) is 5.56 Å². The highest BCUT2D eigenvalue weighted by Crippen LogP contribution is 2.54. The van der Waals surface area contributed by atoms with E-state index >= 15 is 0 Å². The number of carbonyl (C=O) groups excluding carboxylic acids is 2. The van der Waals surface area contributed by atoms with E-state index in [9.17, 15) is 18.8 Å². The summed E-state index contributed by atoms with van der Waals surface area (Å²) in [7, 11) is 0. The van der Waals surface area contributed by atoms with Crippen molar-refractivity contribution in [1.29, 1.82) is 0 Å². The molecule has 0 N–H and O–H groups in total. The summed E-state index contributed by atoms with van der Waals surface area (Å²) in [5.41, 5.74) is 2.31. The molecule has 2 fully saturated rings. The van der Waals surface area contributed by atoms with Crippen molar-refractivity contribution in [3.05, 3.63) is 81.7 Å². The summed E-state index contributed by atoms with van der Waals surface area (Å²) in [6, 6.07) is 10.2. The molecule has 0 bridgehead atoms. The number of rotatable bonds is 4. The summed E-state index contributed by atoms with van der Waals surface area (Å²) >= 11 is 1.50. The van der Waals surface area contributed by atoms with Gasteiger partial charge in [0.05, 0.1) is 5.69 Å². The summed E-state index contributed by atoms with van der Waals surface area (Å²) in [5, 5.41) is 0. The number of aryl methyl sites for hydroxylation is 1. The van der Waals surface area contributed by atoms with Crippen LogP contribution in [0.4, 0.5) is 4.39 Å². The van der Waals surface area contributed by atoms with Crippen molar-refractivity contribution in [2.75, 3.05) is 5.75 Å². The van der Waals surface area contributed by atoms with Gasteiger partial charge in [0.1, 0.15) is 29.0 Å². The molecule has 1 aromatic carbocycles. The number of esters is 1. The number of nitrogens with zero attached hydrogens (tertiary/aromatic N) is 3. The smallest absolute Gasteiger partial charge is 0.330 e. The summed E-state index contributed by atoms with van der Waals surface area (Å²) in [6.45, 7) is 1.74. The lowest BCUT2D eigenvalue weighted by Crippen LogP contribution is -2.46. The molecule has 2 saturated heterocycles. The lowest BCUT2D eigenvalue weighted by molar-refractivity contribution is -0.155. The first kappa shape index (κ1) is 20.7. The molecule has 9 heteroatoms. The molecule has 4 heterocycles. The number of fused-ring (bicyclic) bond motifs is 2. The zero-order valence-electron chi connectivity index (χ0n) is 17.3. The molecular formula is C23H20FN3O4S. The van der Waals surface area contributed by atoms with E-state index in [4.69, 9.17) is 4.74 Å². The first-order valence-electron chi connectivity index (χ1n) is 10.3. The van der Waals surface area contributed by atoms with Crippen molar-refractivity contribution in [3.8, 4) is 0 Å². The number of ether oxygens (including phenoxy) is 1. The number of pyridine rings is 1. The molecule has 0 saturated carbocycles. The monoisotopic (exact) mass is 453 g/mol. The number of benzene rings is 1. The Morgan fingerprint density at radius 2 is 2.03 bits per heavy atom. The molecule has 32 heavy (non-hydrogen) atoms. The minimum Gasteiger partial charge on any atom is -0.458 e. The third-order valence-corrected chi connectivity index (χ3v) is 7.53. The Labute approximate surface area is 187 Å². The maximum absolute atomic E-state index is 13.4. The minimum absolute atomic E-state index is 0.126. The highest BCUT2D eigenvalue weighted by molar-refractivity contribution is 8.00. The molecule has 2 aliphatic heterocycles. The quantitative estimate of drug-likeness (QED) is 0.565. The molecule has 2 aromatic heterocycles. The number of thioether (sulfide) groups is 1. The van der Waals surface area contributed by atoms with Crippen LogP contribution in [0.25, 0.3) is 5.65 Å². The molecule has 0 aliphatic carbocycles. The normalized spacial score (nSPS) is 22.4. The predicted octanol–water partition coefficient (Wildman–Crippen LogP) is 2.78. The largest absolute Gasteiger partial charge is 0.458 e. The Morgan fingerprint density at radius 1 is 1.25 bits per heavy atom. The molecule has 2 atom stereocenters. The Bertz CT molecular complexity index is 1290. The third-order valence-electron chi connectivity index (χ3n) is 5.93. The van der Waals surface area contributed by atoms with E-state index in [0.29, 0.717) is 29.9 Å². The van der Waals surface area contributed by atoms with Crippen LogP contribution in [0.1, 0.15) is 29.7 Å². The number of hydrogen-bond acceptors (Lipinski definition) is 6. The molecule has 5 rings (SSSR count). The van der Waals surface area contributed by atoms with E-state index in [1.165, 1.54) is 34.4 Å². The number of aromatic nitrogens is 2. The van der Waals surface area contributed by atoms with Crippen molar-refractivity contribution in [2.24, 2.45) is 0 Å². The zero-order valence-corrected chi connectivity index (χ0v) is 18.1. The van der Waals surface area contributed by atoms with Gasteiger partial charge in [-0.25, -0.2) is 14.2 Å². The first-order valence-corrected chi connectivity index (χ1v) is 11.2. The number of halogens is 1. The molecule has 0 spiro atoms. The SMILES string of the molecule is Cc1ccn2c(=O)cc(COC(=O)C3CSC4(c5ccc(F)cc5)CCC(=O)N34)nc2c1. The van der Waals surface area contributed by atoms with E-state index in [-0.39, 0.29) is 23.9 Å². The van der Waals surface area contributed by atoms with Gasteiger partial charge >= 0.3 is 5.97 Å². The van der Waals surface area contributed by atoms with Gasteiger partial charge in [-0.05, 0) is 48.7 Å². The van der Waals surface area contributed by atoms with Crippen molar-refractivity contribution in [1.82, 2.24) is 14.3 Å². The Kier molecular flexibility index (Phi) is 5.00. The van der Waals surface area contributed by atoms with Crippen LogP contribution in [-0.4, -0.2) is 38.0 Å². The second-order valence-corrected chi connectivity index (χ2v) is 9.30. The van der Waals surface area contributed by atoms with Gasteiger partial charge in [-0.2, -0.15) is 0 Å². The molecular weight excluding hydrogens is 433 g/mol. The Hall–Kier alpha value is -3.20. The van der Waals surface area contributed by atoms with Crippen LogP contribution < -0.4 is 5.56 Å². The fraction of sp³-hybridized carbons (Fsp3) is 0.304. The molecule has 7 nitrogen and oxygen atoms in total. The fourth-order valence-electron chi connectivity index (χ4n) is 4.40. The Morgan fingerprint density at radius 3 is 2.81 bits per heavy atom. The van der Waals surface area contributed by atoms with E-state index in [2.05, 4.69) is 4.98 Å². The van der Waals surface area contributed by atoms with Gasteiger partial charge in [0.15, 0.2) is 0 Å². The van der Waals surface area contributed by atoms with E-state index < -0.39 is 16.9 Å². The average molecular weight is 453 g/mol. The van der Waals surface area contributed by atoms with Crippen LogP contribution in [0.2, 0.25) is 0 Å². The lowest BCUT2D eigenvalue weighted by Gasteiger charge is -2.33. The van der Waals surface area contributed by atoms with Crippen molar-refractivity contribution >= 4 is 29.3 Å². The van der Waals surface area contributed by atoms with Crippen LogP contribution in [-0.2, 0) is 25.8 Å². The third kappa shape index (κ3) is 3.37. The average Bonchev–Trinajstić information content (AvgIpc) is 3.31. The first-order chi connectivity index (χ1) is 15.4. The van der Waals surface area contributed by atoms with Crippen molar-refractivity contribution < 1.29 is 18.7 Å². The second kappa shape index (κ2) is 7.74. The Balaban J connectivity index is 1.36. The van der Waals surface area contributed by atoms with E-state index in [0.717, 1.165) is 11.1 Å². The highest BCUT2D eigenvalue weighted by Gasteiger charge is 2.57. The van der Waals surface area contributed by atoms with Crippen LogP contribution >= 0.6 is 11.8 Å². The van der Waals surface area contributed by atoms with E-state index in [1.807, 2.05) is 13.0 Å². The van der Waals surface area contributed by atoms with Gasteiger partial charge in [-0.15, -0.1) is 11.8 Å². The number of amides is 1. The maximum Gasteiger partial charge on any atom is 0.330 e. The lowest BCUT2D eigenvalue weighted by atomic mass is 10.0. The van der Waals surface area contributed by atoms with Crippen LogP contribution in [0.15, 0.2) is 53.5 Å². The molecule has 2 unspecified atom stereocenters. The van der Waals surface area contributed by atoms with Gasteiger partial charge in [-0.3, -0.25) is 14.0 Å². The second-order valence-electron chi connectivity index (χ2n) is 8.01. The molecule has 3 aromatic rings. The van der Waals surface area contributed by atoms with Crippen molar-refractivity contribution in [3.63, 3.8) is 0 Å². The zero-order chi connectivity index (χ0) is 22.5. The summed E-state index contributed by atoms with van der Waals surface area (Å²) in [6.07, 6.45) is 2.52. The van der Waals surface area contributed by atoms with Gasteiger partial charge in [0.2, 0.25) is 5.91 Å². The predicted molar refractivity (Wildman–Crippen MR) is 116 cm³/mol. The highest BCUT2D eigenvalue weighted by atomic mass is 32.2. The summed E-state index contributed by atoms with van der Waals surface area (Å²) in [5.74, 6) is -0.634. The maximum atomic E-state index is 13.4. The number of hydrogen-bond donors (Lipinski definition) is 0. The van der Waals surface area contributed by atoms with Gasteiger partial charge in [0, 0.05) is 24.4 Å². The topological polar surface area (TPSA) is 81.0 Å². The van der Waals surface area contributed by atoms with Crippen LogP contribution in [0, 0.1) is 12.7 Å². The van der Waals surface area contributed by atoms with Gasteiger partial charge in [-0.1, -0.05) is 12.1 Å².